The van der Waals surface area contributed by atoms with Crippen molar-refractivity contribution in [1.82, 2.24) is 0 Å². The molecule has 0 saturated heterocycles. The zero-order chi connectivity index (χ0) is 13.5. The van der Waals surface area contributed by atoms with Crippen molar-refractivity contribution in [1.29, 1.82) is 0 Å². The first-order valence-electron chi connectivity index (χ1n) is 5.87. The molecule has 0 amide bonds. The van der Waals surface area contributed by atoms with Crippen molar-refractivity contribution in [3.05, 3.63) is 59.5 Å². The smallest absolute Gasteiger partial charge is 0.208 e. The average molecular weight is 288 g/mol. The Morgan fingerprint density at radius 3 is 2.42 bits per heavy atom. The van der Waals surface area contributed by atoms with Gasteiger partial charge in [-0.3, -0.25) is 0 Å². The van der Waals surface area contributed by atoms with Gasteiger partial charge >= 0.3 is 0 Å². The van der Waals surface area contributed by atoms with E-state index in [1.165, 1.54) is 11.3 Å². The lowest BCUT2D eigenvalue weighted by atomic mass is 10.2. The zero-order valence-corrected chi connectivity index (χ0v) is 12.0. The monoisotopic (exact) mass is 288 g/mol. The van der Waals surface area contributed by atoms with Crippen molar-refractivity contribution in [3.63, 3.8) is 0 Å². The lowest BCUT2D eigenvalue weighted by molar-refractivity contribution is 0.597. The molecule has 96 valence electrons. The van der Waals surface area contributed by atoms with E-state index >= 15 is 0 Å². The second-order valence-electron chi connectivity index (χ2n) is 4.37. The van der Waals surface area contributed by atoms with Gasteiger partial charge in [0.2, 0.25) is 9.84 Å². The third-order valence-corrected chi connectivity index (χ3v) is 6.19. The first kappa shape index (κ1) is 12.4. The maximum atomic E-state index is 12.7. The van der Waals surface area contributed by atoms with Crippen LogP contribution in [0.3, 0.4) is 0 Å². The van der Waals surface area contributed by atoms with Crippen LogP contribution >= 0.6 is 11.3 Å². The van der Waals surface area contributed by atoms with E-state index in [-0.39, 0.29) is 0 Å². The fourth-order valence-corrected chi connectivity index (χ4v) is 4.91. The second kappa shape index (κ2) is 4.47. The van der Waals surface area contributed by atoms with Gasteiger partial charge in [-0.2, -0.15) is 0 Å². The van der Waals surface area contributed by atoms with E-state index in [4.69, 9.17) is 0 Å². The Morgan fingerprint density at radius 1 is 0.947 bits per heavy atom. The molecule has 2 nitrogen and oxygen atoms in total. The van der Waals surface area contributed by atoms with E-state index in [1.54, 1.807) is 36.4 Å². The highest BCUT2D eigenvalue weighted by Gasteiger charge is 2.20. The lowest BCUT2D eigenvalue weighted by Crippen LogP contribution is -2.01. The minimum atomic E-state index is -3.44. The minimum Gasteiger partial charge on any atom is -0.218 e. The maximum absolute atomic E-state index is 12.7. The van der Waals surface area contributed by atoms with Gasteiger partial charge in [0, 0.05) is 0 Å². The summed E-state index contributed by atoms with van der Waals surface area (Å²) >= 11 is 1.48. The molecule has 0 N–H and O–H groups in total. The first-order valence-corrected chi connectivity index (χ1v) is 8.24. The van der Waals surface area contributed by atoms with Crippen LogP contribution in [-0.2, 0) is 9.84 Å². The molecule has 3 rings (SSSR count). The van der Waals surface area contributed by atoms with Gasteiger partial charge in [0.25, 0.3) is 0 Å². The number of rotatable bonds is 2. The summed E-state index contributed by atoms with van der Waals surface area (Å²) in [7, 11) is -3.44. The highest BCUT2D eigenvalue weighted by atomic mass is 32.2. The summed E-state index contributed by atoms with van der Waals surface area (Å²) in [5.74, 6) is 0. The standard InChI is InChI=1S/C15H12O2S2/c1-11-10-18-15-13(11)8-5-9-14(15)19(16,17)12-6-3-2-4-7-12/h2-10H,1H3. The predicted octanol–water partition coefficient (Wildman–Crippen LogP) is 4.04. The summed E-state index contributed by atoms with van der Waals surface area (Å²) in [5.41, 5.74) is 1.12. The fraction of sp³-hybridized carbons (Fsp3) is 0.0667. The number of hydrogen-bond donors (Lipinski definition) is 0. The molecule has 0 bridgehead atoms. The van der Waals surface area contributed by atoms with E-state index in [9.17, 15) is 8.42 Å². The molecule has 0 radical (unpaired) electrons. The minimum absolute atomic E-state index is 0.341. The molecule has 1 heterocycles. The van der Waals surface area contributed by atoms with Crippen molar-refractivity contribution in [2.75, 3.05) is 0 Å². The molecule has 0 fully saturated rings. The van der Waals surface area contributed by atoms with E-state index in [0.29, 0.717) is 9.79 Å². The van der Waals surface area contributed by atoms with Crippen molar-refractivity contribution in [3.8, 4) is 0 Å². The maximum Gasteiger partial charge on any atom is 0.208 e. The van der Waals surface area contributed by atoms with E-state index in [0.717, 1.165) is 15.6 Å². The average Bonchev–Trinajstić information content (AvgIpc) is 2.81. The van der Waals surface area contributed by atoms with Crippen molar-refractivity contribution < 1.29 is 8.42 Å². The number of aryl methyl sites for hydroxylation is 1. The number of hydrogen-bond acceptors (Lipinski definition) is 3. The molecular weight excluding hydrogens is 276 g/mol. The predicted molar refractivity (Wildman–Crippen MR) is 78.5 cm³/mol. The van der Waals surface area contributed by atoms with Crippen LogP contribution in [0.25, 0.3) is 10.1 Å². The van der Waals surface area contributed by atoms with Gasteiger partial charge in [0.1, 0.15) is 0 Å². The first-order chi connectivity index (χ1) is 9.10. The topological polar surface area (TPSA) is 34.1 Å². The number of fused-ring (bicyclic) bond motifs is 1. The molecule has 1 aromatic heterocycles. The lowest BCUT2D eigenvalue weighted by Gasteiger charge is -2.05. The SMILES string of the molecule is Cc1csc2c(S(=O)(=O)c3ccccc3)cccc12. The summed E-state index contributed by atoms with van der Waals surface area (Å²) in [6.07, 6.45) is 0. The van der Waals surface area contributed by atoms with Crippen LogP contribution in [0.15, 0.2) is 63.7 Å². The fourth-order valence-electron chi connectivity index (χ4n) is 2.10. The second-order valence-corrected chi connectivity index (χ2v) is 7.17. The van der Waals surface area contributed by atoms with Crippen molar-refractivity contribution in [2.24, 2.45) is 0 Å². The van der Waals surface area contributed by atoms with Gasteiger partial charge in [-0.05, 0) is 41.5 Å². The molecule has 2 aromatic carbocycles. The number of sulfone groups is 1. The largest absolute Gasteiger partial charge is 0.218 e. The number of thiophene rings is 1. The molecular formula is C15H12O2S2. The Bertz CT molecular complexity index is 831. The molecule has 0 aliphatic heterocycles. The molecule has 0 aliphatic carbocycles. The van der Waals surface area contributed by atoms with E-state index in [2.05, 4.69) is 0 Å². The molecule has 0 saturated carbocycles. The molecule has 0 unspecified atom stereocenters. The molecule has 4 heteroatoms. The molecule has 3 aromatic rings. The molecule has 0 spiro atoms. The van der Waals surface area contributed by atoms with Gasteiger partial charge in [-0.1, -0.05) is 30.3 Å². The summed E-state index contributed by atoms with van der Waals surface area (Å²) < 4.78 is 26.2. The van der Waals surface area contributed by atoms with Gasteiger partial charge in [0.15, 0.2) is 0 Å². The van der Waals surface area contributed by atoms with Crippen LogP contribution in [0, 0.1) is 6.92 Å². The van der Waals surface area contributed by atoms with Crippen LogP contribution in [-0.4, -0.2) is 8.42 Å². The van der Waals surface area contributed by atoms with Crippen LogP contribution in [0.4, 0.5) is 0 Å². The Morgan fingerprint density at radius 2 is 1.68 bits per heavy atom. The third kappa shape index (κ3) is 1.97. The van der Waals surface area contributed by atoms with Crippen LogP contribution in [0.1, 0.15) is 5.56 Å². The summed E-state index contributed by atoms with van der Waals surface area (Å²) in [5, 5.41) is 3.01. The summed E-state index contributed by atoms with van der Waals surface area (Å²) in [6, 6.07) is 14.0. The van der Waals surface area contributed by atoms with E-state index in [1.807, 2.05) is 24.4 Å². The van der Waals surface area contributed by atoms with Crippen LogP contribution in [0.2, 0.25) is 0 Å². The number of benzene rings is 2. The third-order valence-electron chi connectivity index (χ3n) is 3.10. The highest BCUT2D eigenvalue weighted by molar-refractivity contribution is 7.92. The van der Waals surface area contributed by atoms with E-state index < -0.39 is 9.84 Å². The Hall–Kier alpha value is -1.65. The Balaban J connectivity index is 2.31. The molecule has 19 heavy (non-hydrogen) atoms. The quantitative estimate of drug-likeness (QED) is 0.713. The van der Waals surface area contributed by atoms with Crippen molar-refractivity contribution in [2.45, 2.75) is 16.7 Å². The van der Waals surface area contributed by atoms with Crippen LogP contribution in [0.5, 0.6) is 0 Å². The van der Waals surface area contributed by atoms with Crippen LogP contribution < -0.4 is 0 Å². The van der Waals surface area contributed by atoms with Gasteiger partial charge in [0.05, 0.1) is 14.5 Å². The van der Waals surface area contributed by atoms with Gasteiger partial charge in [-0.25, -0.2) is 8.42 Å². The Labute approximate surface area is 116 Å². The zero-order valence-electron chi connectivity index (χ0n) is 10.3. The Kier molecular flexibility index (Phi) is 2.92. The molecule has 0 atom stereocenters. The van der Waals surface area contributed by atoms with Crippen molar-refractivity contribution >= 4 is 31.3 Å². The molecule has 0 aliphatic rings. The van der Waals surface area contributed by atoms with Gasteiger partial charge < -0.3 is 0 Å². The highest BCUT2D eigenvalue weighted by Crippen LogP contribution is 2.33. The summed E-state index contributed by atoms with van der Waals surface area (Å²) in [4.78, 5) is 0.739. The summed E-state index contributed by atoms with van der Waals surface area (Å²) in [6.45, 7) is 2.00. The normalized spacial score (nSPS) is 11.8. The van der Waals surface area contributed by atoms with Gasteiger partial charge in [-0.15, -0.1) is 11.3 Å².